The maximum absolute atomic E-state index is 12.1. The van der Waals surface area contributed by atoms with E-state index in [1.54, 1.807) is 25.1 Å². The van der Waals surface area contributed by atoms with Gasteiger partial charge in [0.1, 0.15) is 0 Å². The summed E-state index contributed by atoms with van der Waals surface area (Å²) in [6.07, 6.45) is 5.96. The van der Waals surface area contributed by atoms with Crippen molar-refractivity contribution in [3.8, 4) is 0 Å². The molecule has 1 fully saturated rings. The number of hydrogen-bond donors (Lipinski definition) is 3. The van der Waals surface area contributed by atoms with E-state index in [9.17, 15) is 24.9 Å². The summed E-state index contributed by atoms with van der Waals surface area (Å²) in [4.78, 5) is 26.0. The number of piperidine rings is 1. The Kier molecular flexibility index (Phi) is 7.71. The number of hydrogen-bond acceptors (Lipinski definition) is 4. The zero-order chi connectivity index (χ0) is 23.5. The monoisotopic (exact) mass is 481 g/mol. The van der Waals surface area contributed by atoms with Gasteiger partial charge in [-0.05, 0) is 56.0 Å². The number of halogens is 2. The first kappa shape index (κ1) is 24.8. The lowest BCUT2D eigenvalue weighted by atomic mass is 9.67. The van der Waals surface area contributed by atoms with E-state index in [0.717, 1.165) is 31.6 Å². The van der Waals surface area contributed by atoms with Crippen LogP contribution >= 0.6 is 23.2 Å². The highest BCUT2D eigenvalue weighted by Gasteiger charge is 2.46. The number of aliphatic hydroxyl groups is 1. The lowest BCUT2D eigenvalue weighted by Gasteiger charge is -2.39. The second-order valence-corrected chi connectivity index (χ2v) is 9.65. The molecule has 0 spiro atoms. The Labute approximate surface area is 198 Å². The van der Waals surface area contributed by atoms with Crippen molar-refractivity contribution < 1.29 is 24.9 Å². The van der Waals surface area contributed by atoms with Crippen LogP contribution in [-0.2, 0) is 15.2 Å². The lowest BCUT2D eigenvalue weighted by Crippen LogP contribution is -2.43. The molecule has 3 N–H and O–H groups in total. The van der Waals surface area contributed by atoms with Gasteiger partial charge in [-0.2, -0.15) is 0 Å². The first-order valence-corrected chi connectivity index (χ1v) is 11.6. The predicted octanol–water partition coefficient (Wildman–Crippen LogP) is 4.65. The minimum absolute atomic E-state index is 0.0471. The first-order chi connectivity index (χ1) is 15.1. The summed E-state index contributed by atoms with van der Waals surface area (Å²) >= 11 is 12.0. The third-order valence-corrected chi connectivity index (χ3v) is 7.58. The van der Waals surface area contributed by atoms with Crippen LogP contribution < -0.4 is 0 Å². The highest BCUT2D eigenvalue weighted by Crippen LogP contribution is 2.45. The van der Waals surface area contributed by atoms with Crippen molar-refractivity contribution >= 4 is 35.1 Å². The fourth-order valence-corrected chi connectivity index (χ4v) is 5.25. The molecule has 0 saturated carbocycles. The van der Waals surface area contributed by atoms with E-state index in [4.69, 9.17) is 23.2 Å². The van der Waals surface area contributed by atoms with Gasteiger partial charge >= 0.3 is 11.9 Å². The van der Waals surface area contributed by atoms with Gasteiger partial charge in [0, 0.05) is 24.0 Å². The van der Waals surface area contributed by atoms with Crippen LogP contribution in [0.4, 0.5) is 0 Å². The van der Waals surface area contributed by atoms with Gasteiger partial charge in [-0.1, -0.05) is 54.8 Å². The highest BCUT2D eigenvalue weighted by atomic mass is 35.5. The molecule has 1 heterocycles. The highest BCUT2D eigenvalue weighted by molar-refractivity contribution is 6.33. The maximum Gasteiger partial charge on any atom is 0.333 e. The number of nitrogens with zero attached hydrogens (tertiary/aromatic N) is 1. The van der Waals surface area contributed by atoms with E-state index < -0.39 is 28.9 Å². The van der Waals surface area contributed by atoms with Gasteiger partial charge in [-0.3, -0.25) is 4.79 Å². The zero-order valence-electron chi connectivity index (χ0n) is 18.1. The van der Waals surface area contributed by atoms with E-state index in [1.165, 1.54) is 6.08 Å². The summed E-state index contributed by atoms with van der Waals surface area (Å²) in [6, 6.07) is 7.32. The van der Waals surface area contributed by atoms with Crippen molar-refractivity contribution in [2.75, 3.05) is 19.6 Å². The predicted molar refractivity (Wildman–Crippen MR) is 124 cm³/mol. The molecular formula is C24H29Cl2NO5. The van der Waals surface area contributed by atoms with Crippen LogP contribution in [0.25, 0.3) is 0 Å². The van der Waals surface area contributed by atoms with Gasteiger partial charge in [0.05, 0.1) is 21.6 Å². The summed E-state index contributed by atoms with van der Waals surface area (Å²) in [5, 5.41) is 31.1. The average Bonchev–Trinajstić information content (AvgIpc) is 2.74. The molecule has 0 amide bonds. The molecule has 3 rings (SSSR count). The molecule has 174 valence electrons. The Balaban J connectivity index is 1.53. The summed E-state index contributed by atoms with van der Waals surface area (Å²) in [5.74, 6) is -2.94. The number of carboxylic acid groups (broad SMARTS) is 2. The fraction of sp³-hybridized carbons (Fsp3) is 0.500. The van der Waals surface area contributed by atoms with Gasteiger partial charge in [0.2, 0.25) is 0 Å². The van der Waals surface area contributed by atoms with Crippen LogP contribution in [0.15, 0.2) is 47.0 Å². The van der Waals surface area contributed by atoms with Crippen LogP contribution in [0.5, 0.6) is 0 Å². The van der Waals surface area contributed by atoms with Crippen molar-refractivity contribution in [1.29, 1.82) is 0 Å². The molecule has 1 saturated heterocycles. The molecule has 1 aliphatic carbocycles. The Morgan fingerprint density at radius 3 is 2.28 bits per heavy atom. The molecule has 1 aromatic rings. The molecule has 2 unspecified atom stereocenters. The molecule has 2 atom stereocenters. The van der Waals surface area contributed by atoms with Gasteiger partial charge in [0.25, 0.3) is 0 Å². The zero-order valence-corrected chi connectivity index (χ0v) is 19.6. The molecule has 0 radical (unpaired) electrons. The SMILES string of the molecule is CC1C(C(=O)O)=C(Cl)C=CC1(CCCCN1CCC(O)(c2ccc(Cl)cc2)CC1)C(=O)O. The van der Waals surface area contributed by atoms with Crippen molar-refractivity contribution in [1.82, 2.24) is 4.90 Å². The molecule has 32 heavy (non-hydrogen) atoms. The van der Waals surface area contributed by atoms with Crippen LogP contribution in [0.3, 0.4) is 0 Å². The number of carboxylic acids is 2. The minimum atomic E-state index is -1.27. The number of unbranched alkanes of at least 4 members (excludes halogenated alkanes) is 1. The van der Waals surface area contributed by atoms with Gasteiger partial charge in [-0.25, -0.2) is 4.79 Å². The van der Waals surface area contributed by atoms with Crippen LogP contribution in [-0.4, -0.2) is 51.8 Å². The van der Waals surface area contributed by atoms with Gasteiger partial charge in [-0.15, -0.1) is 0 Å². The number of benzene rings is 1. The van der Waals surface area contributed by atoms with E-state index in [1.807, 2.05) is 12.1 Å². The van der Waals surface area contributed by atoms with Crippen molar-refractivity contribution in [2.24, 2.45) is 11.3 Å². The summed E-state index contributed by atoms with van der Waals surface area (Å²) in [6.45, 7) is 3.92. The number of rotatable bonds is 8. The van der Waals surface area contributed by atoms with Crippen molar-refractivity contribution in [2.45, 2.75) is 44.6 Å². The van der Waals surface area contributed by atoms with Gasteiger partial charge < -0.3 is 20.2 Å². The fourth-order valence-electron chi connectivity index (χ4n) is 4.82. The first-order valence-electron chi connectivity index (χ1n) is 10.9. The van der Waals surface area contributed by atoms with Gasteiger partial charge in [0.15, 0.2) is 0 Å². The Hall–Kier alpha value is -1.86. The molecule has 2 aliphatic rings. The van der Waals surface area contributed by atoms with E-state index >= 15 is 0 Å². The summed E-state index contributed by atoms with van der Waals surface area (Å²) in [7, 11) is 0. The van der Waals surface area contributed by atoms with Crippen LogP contribution in [0, 0.1) is 11.3 Å². The topological polar surface area (TPSA) is 98.1 Å². The molecule has 0 bridgehead atoms. The van der Waals surface area contributed by atoms with E-state index in [0.29, 0.717) is 30.7 Å². The minimum Gasteiger partial charge on any atom is -0.481 e. The number of likely N-dealkylation sites (tertiary alicyclic amines) is 1. The smallest absolute Gasteiger partial charge is 0.333 e. The normalized spacial score (nSPS) is 25.7. The average molecular weight is 482 g/mol. The molecule has 8 heteroatoms. The Morgan fingerprint density at radius 1 is 1.09 bits per heavy atom. The maximum atomic E-state index is 12.1. The van der Waals surface area contributed by atoms with Crippen molar-refractivity contribution in [3.63, 3.8) is 0 Å². The third kappa shape index (κ3) is 5.04. The quantitative estimate of drug-likeness (QED) is 0.467. The Bertz CT molecular complexity index is 919. The van der Waals surface area contributed by atoms with Crippen LogP contribution in [0.1, 0.15) is 44.6 Å². The van der Waals surface area contributed by atoms with Crippen LogP contribution in [0.2, 0.25) is 5.02 Å². The summed E-state index contributed by atoms with van der Waals surface area (Å²) < 4.78 is 0. The van der Waals surface area contributed by atoms with E-state index in [2.05, 4.69) is 4.90 Å². The third-order valence-electron chi connectivity index (χ3n) is 7.00. The van der Waals surface area contributed by atoms with E-state index in [-0.39, 0.29) is 10.6 Å². The lowest BCUT2D eigenvalue weighted by molar-refractivity contribution is -0.149. The molecule has 1 aromatic carbocycles. The number of aliphatic carboxylic acids is 2. The molecule has 6 nitrogen and oxygen atoms in total. The standard InChI is InChI=1S/C24H29Cl2NO5/c1-16-20(21(28)29)19(26)8-10-23(16,22(30)31)9-2-3-13-27-14-11-24(32,12-15-27)17-4-6-18(25)7-5-17/h4-8,10,16,32H,2-3,9,11-15H2,1H3,(H,28,29)(H,30,31). The number of carbonyl (C=O) groups is 2. The summed E-state index contributed by atoms with van der Waals surface area (Å²) in [5.41, 5.74) is -1.29. The number of allylic oxidation sites excluding steroid dienone is 2. The second-order valence-electron chi connectivity index (χ2n) is 8.80. The molecule has 1 aliphatic heterocycles. The van der Waals surface area contributed by atoms with Crippen molar-refractivity contribution in [3.05, 3.63) is 57.6 Å². The molecular weight excluding hydrogens is 453 g/mol. The second kappa shape index (κ2) is 9.96. The largest absolute Gasteiger partial charge is 0.481 e. The molecule has 0 aromatic heterocycles. The Morgan fingerprint density at radius 2 is 1.72 bits per heavy atom.